The van der Waals surface area contributed by atoms with Gasteiger partial charge in [0.15, 0.2) is 5.78 Å². The van der Waals surface area contributed by atoms with E-state index in [1.807, 2.05) is 0 Å². The van der Waals surface area contributed by atoms with Crippen molar-refractivity contribution < 1.29 is 14.0 Å². The van der Waals surface area contributed by atoms with Crippen LogP contribution >= 0.6 is 0 Å². The van der Waals surface area contributed by atoms with E-state index in [4.69, 9.17) is 5.26 Å². The maximum atomic E-state index is 13.4. The Labute approximate surface area is 116 Å². The Kier molecular flexibility index (Phi) is 4.11. The number of nitrogens with one attached hydrogen (secondary N) is 1. The van der Waals surface area contributed by atoms with Gasteiger partial charge in [-0.25, -0.2) is 4.39 Å². The number of nitrogens with zero attached hydrogens (tertiary/aromatic N) is 2. The lowest BCUT2D eigenvalue weighted by atomic mass is 9.99. The zero-order chi connectivity index (χ0) is 14.7. The van der Waals surface area contributed by atoms with E-state index >= 15 is 0 Å². The molecule has 0 atom stereocenters. The SMILES string of the molecule is Cc1c(C(=O)CN2CCNCC2=O)ccc(F)c1C#N. The Morgan fingerprint density at radius 3 is 2.95 bits per heavy atom. The van der Waals surface area contributed by atoms with Crippen molar-refractivity contribution in [2.75, 3.05) is 26.2 Å². The molecular formula is C14H14FN3O2. The highest BCUT2D eigenvalue weighted by atomic mass is 19.1. The number of hydrogen-bond donors (Lipinski definition) is 1. The number of nitriles is 1. The minimum Gasteiger partial charge on any atom is -0.333 e. The second-order valence-corrected chi connectivity index (χ2v) is 4.62. The number of benzene rings is 1. The highest BCUT2D eigenvalue weighted by molar-refractivity contribution is 6.01. The first-order chi connectivity index (χ1) is 9.54. The van der Waals surface area contributed by atoms with Crippen LogP contribution in [-0.2, 0) is 4.79 Å². The molecule has 0 radical (unpaired) electrons. The first-order valence-corrected chi connectivity index (χ1v) is 6.25. The van der Waals surface area contributed by atoms with Crippen molar-refractivity contribution in [3.05, 3.63) is 34.6 Å². The molecule has 1 fully saturated rings. The summed E-state index contributed by atoms with van der Waals surface area (Å²) in [4.78, 5) is 25.3. The van der Waals surface area contributed by atoms with Crippen LogP contribution in [0.1, 0.15) is 21.5 Å². The van der Waals surface area contributed by atoms with E-state index in [1.165, 1.54) is 17.9 Å². The van der Waals surface area contributed by atoms with Crippen molar-refractivity contribution in [1.29, 1.82) is 5.26 Å². The molecule has 6 heteroatoms. The van der Waals surface area contributed by atoms with Gasteiger partial charge in [-0.2, -0.15) is 5.26 Å². The normalized spacial score (nSPS) is 15.1. The molecular weight excluding hydrogens is 261 g/mol. The fourth-order valence-electron chi connectivity index (χ4n) is 2.19. The van der Waals surface area contributed by atoms with Gasteiger partial charge in [0.25, 0.3) is 0 Å². The number of piperazine rings is 1. The average molecular weight is 275 g/mol. The fourth-order valence-corrected chi connectivity index (χ4v) is 2.19. The van der Waals surface area contributed by atoms with Crippen LogP contribution in [0.25, 0.3) is 0 Å². The third-order valence-electron chi connectivity index (χ3n) is 3.35. The molecule has 1 aliphatic heterocycles. The lowest BCUT2D eigenvalue weighted by Gasteiger charge is -2.26. The zero-order valence-corrected chi connectivity index (χ0v) is 11.1. The van der Waals surface area contributed by atoms with Crippen molar-refractivity contribution in [2.24, 2.45) is 0 Å². The van der Waals surface area contributed by atoms with E-state index in [0.717, 1.165) is 6.07 Å². The second-order valence-electron chi connectivity index (χ2n) is 4.62. The van der Waals surface area contributed by atoms with Gasteiger partial charge < -0.3 is 10.2 Å². The molecule has 1 aromatic carbocycles. The average Bonchev–Trinajstić information content (AvgIpc) is 2.42. The Hall–Kier alpha value is -2.26. The van der Waals surface area contributed by atoms with E-state index in [2.05, 4.69) is 5.32 Å². The predicted octanol–water partition coefficient (Wildman–Crippen LogP) is 0.620. The van der Waals surface area contributed by atoms with Gasteiger partial charge >= 0.3 is 0 Å². The van der Waals surface area contributed by atoms with Crippen LogP contribution in [0.4, 0.5) is 4.39 Å². The van der Waals surface area contributed by atoms with E-state index < -0.39 is 5.82 Å². The molecule has 5 nitrogen and oxygen atoms in total. The molecule has 1 saturated heterocycles. The van der Waals surface area contributed by atoms with E-state index in [0.29, 0.717) is 18.7 Å². The first kappa shape index (κ1) is 14.2. The zero-order valence-electron chi connectivity index (χ0n) is 11.1. The number of carbonyl (C=O) groups excluding carboxylic acids is 2. The van der Waals surface area contributed by atoms with Gasteiger partial charge in [0.05, 0.1) is 18.7 Å². The van der Waals surface area contributed by atoms with Crippen molar-refractivity contribution in [3.63, 3.8) is 0 Å². The number of hydrogen-bond acceptors (Lipinski definition) is 4. The number of carbonyl (C=O) groups is 2. The third-order valence-corrected chi connectivity index (χ3v) is 3.35. The molecule has 1 amide bonds. The van der Waals surface area contributed by atoms with E-state index in [9.17, 15) is 14.0 Å². The van der Waals surface area contributed by atoms with E-state index in [-0.39, 0.29) is 35.9 Å². The fraction of sp³-hybridized carbons (Fsp3) is 0.357. The molecule has 2 rings (SSSR count). The molecule has 20 heavy (non-hydrogen) atoms. The Balaban J connectivity index is 2.22. The standard InChI is InChI=1S/C14H14FN3O2/c1-9-10(2-3-12(15)11(9)6-16)13(19)8-18-5-4-17-7-14(18)20/h2-3,17H,4-5,7-8H2,1H3. The number of rotatable bonds is 3. The monoisotopic (exact) mass is 275 g/mol. The van der Waals surface area contributed by atoms with Gasteiger partial charge in [0.2, 0.25) is 5.91 Å². The Morgan fingerprint density at radius 2 is 2.30 bits per heavy atom. The lowest BCUT2D eigenvalue weighted by molar-refractivity contribution is -0.131. The number of Topliss-reactive ketones (excluding diaryl/α,β-unsaturated/α-hetero) is 1. The summed E-state index contributed by atoms with van der Waals surface area (Å²) in [6.45, 7) is 2.83. The van der Waals surface area contributed by atoms with E-state index in [1.54, 1.807) is 6.07 Å². The lowest BCUT2D eigenvalue weighted by Crippen LogP contribution is -2.49. The molecule has 0 unspecified atom stereocenters. The summed E-state index contributed by atoms with van der Waals surface area (Å²) in [6, 6.07) is 4.22. The van der Waals surface area contributed by atoms with Crippen molar-refractivity contribution in [1.82, 2.24) is 10.2 Å². The smallest absolute Gasteiger partial charge is 0.236 e. The van der Waals surface area contributed by atoms with Gasteiger partial charge in [0.1, 0.15) is 11.9 Å². The molecule has 0 aromatic heterocycles. The van der Waals surface area contributed by atoms with Crippen LogP contribution in [0, 0.1) is 24.1 Å². The van der Waals surface area contributed by atoms with Crippen molar-refractivity contribution >= 4 is 11.7 Å². The van der Waals surface area contributed by atoms with Gasteiger partial charge in [0, 0.05) is 18.7 Å². The summed E-state index contributed by atoms with van der Waals surface area (Å²) >= 11 is 0. The van der Waals surface area contributed by atoms with Crippen LogP contribution in [0.3, 0.4) is 0 Å². The highest BCUT2D eigenvalue weighted by Gasteiger charge is 2.22. The van der Waals surface area contributed by atoms with Crippen molar-refractivity contribution in [3.8, 4) is 6.07 Å². The minimum atomic E-state index is -0.639. The molecule has 1 aliphatic rings. The summed E-state index contributed by atoms with van der Waals surface area (Å²) in [6.07, 6.45) is 0. The summed E-state index contributed by atoms with van der Waals surface area (Å²) in [5.74, 6) is -1.06. The second kappa shape index (κ2) is 5.80. The van der Waals surface area contributed by atoms with Gasteiger partial charge in [-0.15, -0.1) is 0 Å². The first-order valence-electron chi connectivity index (χ1n) is 6.25. The Bertz CT molecular complexity index is 607. The third kappa shape index (κ3) is 2.68. The summed E-state index contributed by atoms with van der Waals surface area (Å²) in [7, 11) is 0. The molecule has 0 aliphatic carbocycles. The highest BCUT2D eigenvalue weighted by Crippen LogP contribution is 2.17. The van der Waals surface area contributed by atoms with Crippen LogP contribution < -0.4 is 5.32 Å². The quantitative estimate of drug-likeness (QED) is 0.821. The topological polar surface area (TPSA) is 73.2 Å². The minimum absolute atomic E-state index is 0.0438. The Morgan fingerprint density at radius 1 is 1.55 bits per heavy atom. The molecule has 0 spiro atoms. The molecule has 1 N–H and O–H groups in total. The summed E-state index contributed by atoms with van der Waals surface area (Å²) < 4.78 is 13.4. The predicted molar refractivity (Wildman–Crippen MR) is 69.6 cm³/mol. The molecule has 1 aromatic rings. The number of amides is 1. The summed E-state index contributed by atoms with van der Waals surface area (Å²) in [5, 5.41) is 11.8. The van der Waals surface area contributed by atoms with Crippen LogP contribution in [-0.4, -0.2) is 42.8 Å². The molecule has 0 bridgehead atoms. The van der Waals surface area contributed by atoms with Crippen LogP contribution in [0.2, 0.25) is 0 Å². The van der Waals surface area contributed by atoms with Crippen molar-refractivity contribution in [2.45, 2.75) is 6.92 Å². The molecule has 0 saturated carbocycles. The van der Waals surface area contributed by atoms with Gasteiger partial charge in [-0.05, 0) is 24.6 Å². The van der Waals surface area contributed by atoms with Gasteiger partial charge in [-0.3, -0.25) is 9.59 Å². The largest absolute Gasteiger partial charge is 0.333 e. The van der Waals surface area contributed by atoms with Gasteiger partial charge in [-0.1, -0.05) is 0 Å². The number of halogens is 1. The maximum Gasteiger partial charge on any atom is 0.236 e. The number of ketones is 1. The summed E-state index contributed by atoms with van der Waals surface area (Å²) in [5.41, 5.74) is 0.483. The van der Waals surface area contributed by atoms with Crippen LogP contribution in [0.5, 0.6) is 0 Å². The van der Waals surface area contributed by atoms with Crippen LogP contribution in [0.15, 0.2) is 12.1 Å². The molecule has 1 heterocycles. The maximum absolute atomic E-state index is 13.4. The molecule has 104 valence electrons.